The average molecular weight is 342 g/mol. The van der Waals surface area contributed by atoms with Gasteiger partial charge in [-0.1, -0.05) is 36.4 Å². The number of ether oxygens (including phenoxy) is 5. The third-order valence-electron chi connectivity index (χ3n) is 3.99. The van der Waals surface area contributed by atoms with Crippen LogP contribution in [0.3, 0.4) is 0 Å². The van der Waals surface area contributed by atoms with Crippen molar-refractivity contribution in [2.24, 2.45) is 0 Å². The fraction of sp³-hybridized carbons (Fsp3) is 0.400. The lowest BCUT2D eigenvalue weighted by Gasteiger charge is -2.07. The Labute approximate surface area is 147 Å². The molecule has 5 heteroatoms. The van der Waals surface area contributed by atoms with Gasteiger partial charge in [0.1, 0.15) is 43.0 Å². The van der Waals surface area contributed by atoms with Gasteiger partial charge in [-0.2, -0.15) is 0 Å². The van der Waals surface area contributed by atoms with E-state index in [1.165, 1.54) is 5.56 Å². The lowest BCUT2D eigenvalue weighted by Crippen LogP contribution is -2.06. The third-order valence-corrected chi connectivity index (χ3v) is 3.99. The van der Waals surface area contributed by atoms with E-state index < -0.39 is 0 Å². The Morgan fingerprint density at radius 2 is 1.28 bits per heavy atom. The first-order chi connectivity index (χ1) is 12.4. The summed E-state index contributed by atoms with van der Waals surface area (Å²) in [6, 6.07) is 17.9. The SMILES string of the molecule is c1cc(OCC2CO2)cc(OCC2CO2)c1.c1ccc(C2CO2)cc1. The standard InChI is InChI=1S/C12H14O4.C8H8O/c1-2-9(13-5-11-7-15-11)4-10(3-1)14-6-12-8-16-12;1-2-4-7(5-3-1)8-6-9-8/h1-4,11-12H,5-8H2;1-5,8H,6H2. The van der Waals surface area contributed by atoms with Crippen molar-refractivity contribution in [2.45, 2.75) is 18.3 Å². The Balaban J connectivity index is 0.000000147. The molecule has 3 saturated heterocycles. The Kier molecular flexibility index (Phi) is 5.16. The zero-order valence-corrected chi connectivity index (χ0v) is 14.0. The molecule has 0 bridgehead atoms. The molecule has 0 aliphatic carbocycles. The van der Waals surface area contributed by atoms with Gasteiger partial charge in [0, 0.05) is 6.07 Å². The van der Waals surface area contributed by atoms with E-state index in [0.29, 0.717) is 19.3 Å². The van der Waals surface area contributed by atoms with Gasteiger partial charge in [0.15, 0.2) is 0 Å². The van der Waals surface area contributed by atoms with Crippen LogP contribution in [0.15, 0.2) is 54.6 Å². The van der Waals surface area contributed by atoms with Gasteiger partial charge in [-0.15, -0.1) is 0 Å². The van der Waals surface area contributed by atoms with Crippen LogP contribution in [0, 0.1) is 0 Å². The molecule has 25 heavy (non-hydrogen) atoms. The van der Waals surface area contributed by atoms with Crippen molar-refractivity contribution >= 4 is 0 Å². The predicted molar refractivity (Wildman–Crippen MR) is 92.0 cm³/mol. The molecule has 5 rings (SSSR count). The van der Waals surface area contributed by atoms with Crippen LogP contribution < -0.4 is 9.47 Å². The third kappa shape index (κ3) is 5.74. The summed E-state index contributed by atoms with van der Waals surface area (Å²) in [5.74, 6) is 1.65. The highest BCUT2D eigenvalue weighted by Gasteiger charge is 2.24. The molecule has 3 aliphatic heterocycles. The minimum absolute atomic E-state index is 0.282. The topological polar surface area (TPSA) is 56.0 Å². The highest BCUT2D eigenvalue weighted by Crippen LogP contribution is 2.28. The molecule has 0 N–H and O–H groups in total. The molecular weight excluding hydrogens is 320 g/mol. The van der Waals surface area contributed by atoms with E-state index in [-0.39, 0.29) is 12.2 Å². The summed E-state index contributed by atoms with van der Waals surface area (Å²) in [5.41, 5.74) is 1.30. The minimum atomic E-state index is 0.282. The molecule has 2 aromatic rings. The highest BCUT2D eigenvalue weighted by atomic mass is 16.6. The Morgan fingerprint density at radius 1 is 0.720 bits per heavy atom. The first-order valence-electron chi connectivity index (χ1n) is 8.62. The minimum Gasteiger partial charge on any atom is -0.491 e. The average Bonchev–Trinajstić information content (AvgIpc) is 3.51. The molecule has 3 fully saturated rings. The van der Waals surface area contributed by atoms with E-state index in [0.717, 1.165) is 31.3 Å². The molecule has 3 unspecified atom stereocenters. The Morgan fingerprint density at radius 3 is 1.76 bits per heavy atom. The van der Waals surface area contributed by atoms with Gasteiger partial charge < -0.3 is 23.7 Å². The first kappa shape index (κ1) is 16.4. The number of hydrogen-bond acceptors (Lipinski definition) is 5. The Hall–Kier alpha value is -2.08. The first-order valence-corrected chi connectivity index (χ1v) is 8.62. The summed E-state index contributed by atoms with van der Waals surface area (Å²) in [6.07, 6.45) is 0.972. The van der Waals surface area contributed by atoms with Gasteiger partial charge in [-0.25, -0.2) is 0 Å². The van der Waals surface area contributed by atoms with Gasteiger partial charge in [0.25, 0.3) is 0 Å². The quantitative estimate of drug-likeness (QED) is 0.724. The molecule has 2 aromatic carbocycles. The van der Waals surface area contributed by atoms with Crippen molar-refractivity contribution in [1.82, 2.24) is 0 Å². The fourth-order valence-corrected chi connectivity index (χ4v) is 2.27. The smallest absolute Gasteiger partial charge is 0.123 e. The van der Waals surface area contributed by atoms with Crippen LogP contribution in [0.2, 0.25) is 0 Å². The van der Waals surface area contributed by atoms with Crippen molar-refractivity contribution in [3.8, 4) is 11.5 Å². The number of rotatable bonds is 7. The van der Waals surface area contributed by atoms with E-state index in [4.69, 9.17) is 23.7 Å². The normalized spacial score (nSPS) is 25.4. The summed E-state index contributed by atoms with van der Waals surface area (Å²) in [5, 5.41) is 0. The fourth-order valence-electron chi connectivity index (χ4n) is 2.27. The maximum atomic E-state index is 5.56. The van der Waals surface area contributed by atoms with Gasteiger partial charge in [0.2, 0.25) is 0 Å². The van der Waals surface area contributed by atoms with Crippen LogP contribution in [0.4, 0.5) is 0 Å². The Bertz CT molecular complexity index is 632. The second-order valence-electron chi connectivity index (χ2n) is 6.24. The largest absolute Gasteiger partial charge is 0.491 e. The van der Waals surface area contributed by atoms with Gasteiger partial charge in [-0.3, -0.25) is 0 Å². The maximum absolute atomic E-state index is 5.56. The van der Waals surface area contributed by atoms with Crippen LogP contribution in [0.5, 0.6) is 11.5 Å². The van der Waals surface area contributed by atoms with Crippen LogP contribution in [-0.4, -0.2) is 45.2 Å². The van der Waals surface area contributed by atoms with Crippen molar-refractivity contribution in [3.05, 3.63) is 60.2 Å². The molecule has 5 nitrogen and oxygen atoms in total. The summed E-state index contributed by atoms with van der Waals surface area (Å²) in [4.78, 5) is 0. The second kappa shape index (κ2) is 7.87. The molecular formula is C20H22O5. The van der Waals surface area contributed by atoms with Gasteiger partial charge >= 0.3 is 0 Å². The van der Waals surface area contributed by atoms with Crippen molar-refractivity contribution in [2.75, 3.05) is 33.0 Å². The van der Waals surface area contributed by atoms with Gasteiger partial charge in [0.05, 0.1) is 19.8 Å². The van der Waals surface area contributed by atoms with Crippen LogP contribution >= 0.6 is 0 Å². The van der Waals surface area contributed by atoms with Gasteiger partial charge in [-0.05, 0) is 17.7 Å². The van der Waals surface area contributed by atoms with Crippen LogP contribution in [0.25, 0.3) is 0 Å². The maximum Gasteiger partial charge on any atom is 0.123 e. The monoisotopic (exact) mass is 342 g/mol. The van der Waals surface area contributed by atoms with E-state index in [9.17, 15) is 0 Å². The van der Waals surface area contributed by atoms with E-state index in [1.54, 1.807) is 0 Å². The van der Waals surface area contributed by atoms with Crippen molar-refractivity contribution in [3.63, 3.8) is 0 Å². The molecule has 0 amide bonds. The molecule has 132 valence electrons. The lowest BCUT2D eigenvalue weighted by molar-refractivity contribution is 0.252. The molecule has 0 aromatic heterocycles. The van der Waals surface area contributed by atoms with Crippen molar-refractivity contribution < 1.29 is 23.7 Å². The van der Waals surface area contributed by atoms with Crippen molar-refractivity contribution in [1.29, 1.82) is 0 Å². The van der Waals surface area contributed by atoms with Crippen LogP contribution in [0.1, 0.15) is 11.7 Å². The lowest BCUT2D eigenvalue weighted by atomic mass is 10.2. The summed E-state index contributed by atoms with van der Waals surface area (Å²) in [6.45, 7) is 3.78. The molecule has 3 atom stereocenters. The molecule has 3 aliphatic rings. The number of benzene rings is 2. The predicted octanol–water partition coefficient (Wildman–Crippen LogP) is 3.00. The van der Waals surface area contributed by atoms with E-state index in [1.807, 2.05) is 42.5 Å². The molecule has 0 radical (unpaired) electrons. The molecule has 3 heterocycles. The number of epoxide rings is 3. The zero-order chi connectivity index (χ0) is 16.9. The van der Waals surface area contributed by atoms with E-state index in [2.05, 4.69) is 12.1 Å². The highest BCUT2D eigenvalue weighted by molar-refractivity contribution is 5.33. The van der Waals surface area contributed by atoms with Crippen LogP contribution in [-0.2, 0) is 14.2 Å². The zero-order valence-electron chi connectivity index (χ0n) is 14.0. The number of hydrogen-bond donors (Lipinski definition) is 0. The molecule has 0 saturated carbocycles. The second-order valence-corrected chi connectivity index (χ2v) is 6.24. The summed E-state index contributed by atoms with van der Waals surface area (Å²) in [7, 11) is 0. The summed E-state index contributed by atoms with van der Waals surface area (Å²) < 4.78 is 26.4. The van der Waals surface area contributed by atoms with E-state index >= 15 is 0 Å². The summed E-state index contributed by atoms with van der Waals surface area (Å²) >= 11 is 0. The molecule has 0 spiro atoms.